The van der Waals surface area contributed by atoms with Gasteiger partial charge in [0.1, 0.15) is 0 Å². The molecule has 0 spiro atoms. The van der Waals surface area contributed by atoms with Gasteiger partial charge in [-0.15, -0.1) is 0 Å². The fourth-order valence-corrected chi connectivity index (χ4v) is 2.88. The lowest BCUT2D eigenvalue weighted by molar-refractivity contribution is -0.122. The van der Waals surface area contributed by atoms with E-state index in [-0.39, 0.29) is 11.8 Å². The Kier molecular flexibility index (Phi) is 5.61. The summed E-state index contributed by atoms with van der Waals surface area (Å²) >= 11 is 11.9. The molecule has 126 valence electrons. The van der Waals surface area contributed by atoms with Crippen LogP contribution in [0, 0.1) is 5.92 Å². The van der Waals surface area contributed by atoms with Gasteiger partial charge in [0.25, 0.3) is 0 Å². The van der Waals surface area contributed by atoms with Crippen LogP contribution in [0.4, 0.5) is 17.1 Å². The van der Waals surface area contributed by atoms with Crippen molar-refractivity contribution in [3.63, 3.8) is 0 Å². The first-order chi connectivity index (χ1) is 11.6. The zero-order valence-electron chi connectivity index (χ0n) is 13.0. The number of rotatable bonds is 4. The van der Waals surface area contributed by atoms with Gasteiger partial charge in [0.05, 0.1) is 10.0 Å². The number of halogens is 2. The standard InChI is InChI=1S/C18H18Cl2N2O2/c19-16-6-5-15(11-17(16)20)21-13-1-3-14(4-2-13)22-18(23)12-7-9-24-10-8-12/h1-6,11-12,21H,7-10H2,(H,22,23). The van der Waals surface area contributed by atoms with Crippen LogP contribution in [0.15, 0.2) is 42.5 Å². The number of hydrogen-bond acceptors (Lipinski definition) is 3. The number of carbonyl (C=O) groups is 1. The molecule has 2 aromatic carbocycles. The molecule has 0 saturated carbocycles. The molecule has 24 heavy (non-hydrogen) atoms. The fourth-order valence-electron chi connectivity index (χ4n) is 2.58. The van der Waals surface area contributed by atoms with Crippen LogP contribution in [0.1, 0.15) is 12.8 Å². The molecule has 1 amide bonds. The lowest BCUT2D eigenvalue weighted by Crippen LogP contribution is -2.28. The maximum absolute atomic E-state index is 12.2. The molecule has 1 aliphatic rings. The Morgan fingerprint density at radius 1 is 0.917 bits per heavy atom. The van der Waals surface area contributed by atoms with Crippen molar-refractivity contribution in [2.24, 2.45) is 5.92 Å². The van der Waals surface area contributed by atoms with Crippen LogP contribution in [0.3, 0.4) is 0 Å². The van der Waals surface area contributed by atoms with Crippen molar-refractivity contribution in [2.75, 3.05) is 23.8 Å². The van der Waals surface area contributed by atoms with Crippen molar-refractivity contribution in [3.05, 3.63) is 52.5 Å². The summed E-state index contributed by atoms with van der Waals surface area (Å²) < 4.78 is 5.28. The van der Waals surface area contributed by atoms with Crippen LogP contribution in [-0.4, -0.2) is 19.1 Å². The summed E-state index contributed by atoms with van der Waals surface area (Å²) in [5.41, 5.74) is 2.53. The molecule has 1 heterocycles. The summed E-state index contributed by atoms with van der Waals surface area (Å²) in [6, 6.07) is 12.9. The highest BCUT2D eigenvalue weighted by Crippen LogP contribution is 2.27. The van der Waals surface area contributed by atoms with E-state index in [2.05, 4.69) is 10.6 Å². The van der Waals surface area contributed by atoms with Gasteiger partial charge in [0, 0.05) is 36.2 Å². The second-order valence-corrected chi connectivity index (χ2v) is 6.52. The number of benzene rings is 2. The second-order valence-electron chi connectivity index (χ2n) is 5.71. The largest absolute Gasteiger partial charge is 0.381 e. The number of nitrogens with one attached hydrogen (secondary N) is 2. The second kappa shape index (κ2) is 7.88. The van der Waals surface area contributed by atoms with E-state index in [4.69, 9.17) is 27.9 Å². The summed E-state index contributed by atoms with van der Waals surface area (Å²) in [5, 5.41) is 7.23. The first kappa shape index (κ1) is 17.1. The minimum atomic E-state index is 0.0350. The van der Waals surface area contributed by atoms with Crippen LogP contribution in [0.25, 0.3) is 0 Å². The van der Waals surface area contributed by atoms with E-state index in [0.29, 0.717) is 23.3 Å². The van der Waals surface area contributed by atoms with E-state index in [1.54, 1.807) is 12.1 Å². The molecule has 0 unspecified atom stereocenters. The Morgan fingerprint density at radius 3 is 2.21 bits per heavy atom. The van der Waals surface area contributed by atoms with Crippen LogP contribution in [0.2, 0.25) is 10.0 Å². The van der Waals surface area contributed by atoms with E-state index < -0.39 is 0 Å². The van der Waals surface area contributed by atoms with Gasteiger partial charge in [-0.05, 0) is 55.3 Å². The highest BCUT2D eigenvalue weighted by molar-refractivity contribution is 6.42. The maximum Gasteiger partial charge on any atom is 0.227 e. The molecule has 0 aliphatic carbocycles. The van der Waals surface area contributed by atoms with Crippen molar-refractivity contribution >= 4 is 46.2 Å². The van der Waals surface area contributed by atoms with Gasteiger partial charge < -0.3 is 15.4 Å². The topological polar surface area (TPSA) is 50.4 Å². The zero-order valence-corrected chi connectivity index (χ0v) is 14.5. The summed E-state index contributed by atoms with van der Waals surface area (Å²) in [6.07, 6.45) is 1.56. The van der Waals surface area contributed by atoms with Gasteiger partial charge in [-0.1, -0.05) is 23.2 Å². The highest BCUT2D eigenvalue weighted by atomic mass is 35.5. The Morgan fingerprint density at radius 2 is 1.54 bits per heavy atom. The third-order valence-electron chi connectivity index (χ3n) is 3.95. The number of anilines is 3. The molecule has 0 radical (unpaired) electrons. The monoisotopic (exact) mass is 364 g/mol. The maximum atomic E-state index is 12.2. The van der Waals surface area contributed by atoms with Crippen LogP contribution in [0.5, 0.6) is 0 Å². The van der Waals surface area contributed by atoms with Gasteiger partial charge in [-0.25, -0.2) is 0 Å². The zero-order chi connectivity index (χ0) is 16.9. The molecular formula is C18H18Cl2N2O2. The van der Waals surface area contributed by atoms with Crippen molar-refractivity contribution in [3.8, 4) is 0 Å². The van der Waals surface area contributed by atoms with E-state index in [1.165, 1.54) is 0 Å². The Hall–Kier alpha value is -1.75. The van der Waals surface area contributed by atoms with Gasteiger partial charge in [0.15, 0.2) is 0 Å². The highest BCUT2D eigenvalue weighted by Gasteiger charge is 2.21. The van der Waals surface area contributed by atoms with Crippen LogP contribution >= 0.6 is 23.2 Å². The number of amides is 1. The molecule has 4 nitrogen and oxygen atoms in total. The van der Waals surface area contributed by atoms with Crippen molar-refractivity contribution < 1.29 is 9.53 Å². The predicted octanol–water partition coefficient (Wildman–Crippen LogP) is 5.10. The quantitative estimate of drug-likeness (QED) is 0.792. The Labute approximate surface area is 151 Å². The number of ether oxygens (including phenoxy) is 1. The summed E-state index contributed by atoms with van der Waals surface area (Å²) in [7, 11) is 0. The third-order valence-corrected chi connectivity index (χ3v) is 4.69. The Balaban J connectivity index is 1.60. The third kappa shape index (κ3) is 4.41. The Bertz CT molecular complexity index is 713. The molecule has 2 N–H and O–H groups in total. The predicted molar refractivity (Wildman–Crippen MR) is 98.4 cm³/mol. The molecule has 0 aromatic heterocycles. The molecule has 6 heteroatoms. The minimum absolute atomic E-state index is 0.0350. The van der Waals surface area contributed by atoms with E-state index in [1.807, 2.05) is 30.3 Å². The fraction of sp³-hybridized carbons (Fsp3) is 0.278. The van der Waals surface area contributed by atoms with Crippen molar-refractivity contribution in [1.29, 1.82) is 0 Å². The smallest absolute Gasteiger partial charge is 0.227 e. The summed E-state index contributed by atoms with van der Waals surface area (Å²) in [6.45, 7) is 1.31. The molecule has 0 bridgehead atoms. The van der Waals surface area contributed by atoms with Crippen LogP contribution in [-0.2, 0) is 9.53 Å². The first-order valence-electron chi connectivity index (χ1n) is 7.82. The molecule has 1 saturated heterocycles. The lowest BCUT2D eigenvalue weighted by atomic mass is 9.99. The molecule has 2 aromatic rings. The lowest BCUT2D eigenvalue weighted by Gasteiger charge is -2.21. The van der Waals surface area contributed by atoms with Gasteiger partial charge >= 0.3 is 0 Å². The van der Waals surface area contributed by atoms with E-state index in [9.17, 15) is 4.79 Å². The number of carbonyl (C=O) groups excluding carboxylic acids is 1. The number of hydrogen-bond donors (Lipinski definition) is 2. The van der Waals surface area contributed by atoms with E-state index >= 15 is 0 Å². The molecule has 1 aliphatic heterocycles. The summed E-state index contributed by atoms with van der Waals surface area (Å²) in [5.74, 6) is 0.0938. The average Bonchev–Trinajstić information content (AvgIpc) is 2.61. The van der Waals surface area contributed by atoms with E-state index in [0.717, 1.165) is 29.9 Å². The molecule has 1 fully saturated rings. The average molecular weight is 365 g/mol. The molecule has 3 rings (SSSR count). The van der Waals surface area contributed by atoms with Crippen molar-refractivity contribution in [2.45, 2.75) is 12.8 Å². The van der Waals surface area contributed by atoms with Gasteiger partial charge in [-0.2, -0.15) is 0 Å². The van der Waals surface area contributed by atoms with Gasteiger partial charge in [0.2, 0.25) is 5.91 Å². The van der Waals surface area contributed by atoms with Gasteiger partial charge in [-0.3, -0.25) is 4.79 Å². The minimum Gasteiger partial charge on any atom is -0.381 e. The normalized spacial score (nSPS) is 15.1. The first-order valence-corrected chi connectivity index (χ1v) is 8.58. The molecular weight excluding hydrogens is 347 g/mol. The van der Waals surface area contributed by atoms with Crippen molar-refractivity contribution in [1.82, 2.24) is 0 Å². The van der Waals surface area contributed by atoms with Crippen LogP contribution < -0.4 is 10.6 Å². The summed E-state index contributed by atoms with van der Waals surface area (Å²) in [4.78, 5) is 12.2. The molecule has 0 atom stereocenters. The SMILES string of the molecule is O=C(Nc1ccc(Nc2ccc(Cl)c(Cl)c2)cc1)C1CCOCC1.